The summed E-state index contributed by atoms with van der Waals surface area (Å²) >= 11 is 0. The third-order valence-electron chi connectivity index (χ3n) is 10.7. The molecule has 0 aliphatic carbocycles. The molecule has 8 aromatic carbocycles. The second kappa shape index (κ2) is 13.0. The molecule has 0 saturated carbocycles. The van der Waals surface area contributed by atoms with Gasteiger partial charge in [-0.3, -0.25) is 0 Å². The molecule has 0 spiro atoms. The molecule has 0 N–H and O–H groups in total. The van der Waals surface area contributed by atoms with Crippen LogP contribution in [0.2, 0.25) is 0 Å². The summed E-state index contributed by atoms with van der Waals surface area (Å²) in [6.07, 6.45) is 0. The molecule has 0 bridgehead atoms. The van der Waals surface area contributed by atoms with Gasteiger partial charge in [-0.15, -0.1) is 0 Å². The number of aromatic nitrogens is 4. The number of furan rings is 1. The Morgan fingerprint density at radius 3 is 1.62 bits per heavy atom. The van der Waals surface area contributed by atoms with Crippen LogP contribution in [0.15, 0.2) is 199 Å². The Hall–Kier alpha value is -7.63. The Labute approximate surface area is 322 Å². The minimum absolute atomic E-state index is 0.601. The van der Waals surface area contributed by atoms with Crippen LogP contribution in [0.25, 0.3) is 106 Å². The topological polar surface area (TPSA) is 56.7 Å². The lowest BCUT2D eigenvalue weighted by Crippen LogP contribution is -2.01. The summed E-state index contributed by atoms with van der Waals surface area (Å²) in [7, 11) is 0. The maximum atomic E-state index is 6.56. The van der Waals surface area contributed by atoms with Crippen molar-refractivity contribution in [3.05, 3.63) is 194 Å². The number of nitrogens with zero attached hydrogens (tertiary/aromatic N) is 4. The van der Waals surface area contributed by atoms with Gasteiger partial charge < -0.3 is 8.98 Å². The normalized spacial score (nSPS) is 11.6. The summed E-state index contributed by atoms with van der Waals surface area (Å²) in [5.41, 5.74) is 12.2. The van der Waals surface area contributed by atoms with Crippen LogP contribution in [0.4, 0.5) is 0 Å². The van der Waals surface area contributed by atoms with Gasteiger partial charge in [0.25, 0.3) is 0 Å². The van der Waals surface area contributed by atoms with E-state index in [9.17, 15) is 0 Å². The van der Waals surface area contributed by atoms with Crippen molar-refractivity contribution < 1.29 is 4.42 Å². The third kappa shape index (κ3) is 5.37. The molecule has 11 rings (SSSR count). The van der Waals surface area contributed by atoms with Gasteiger partial charge in [0.15, 0.2) is 17.5 Å². The number of fused-ring (bicyclic) bond motifs is 7. The highest BCUT2D eigenvalue weighted by atomic mass is 16.3. The number of hydrogen-bond acceptors (Lipinski definition) is 4. The second-order valence-corrected chi connectivity index (χ2v) is 14.0. The van der Waals surface area contributed by atoms with Crippen molar-refractivity contribution in [3.63, 3.8) is 0 Å². The van der Waals surface area contributed by atoms with Crippen molar-refractivity contribution in [1.82, 2.24) is 19.5 Å². The van der Waals surface area contributed by atoms with E-state index in [0.717, 1.165) is 88.4 Å². The average molecular weight is 717 g/mol. The van der Waals surface area contributed by atoms with Crippen LogP contribution in [0.3, 0.4) is 0 Å². The monoisotopic (exact) mass is 716 g/mol. The highest BCUT2D eigenvalue weighted by molar-refractivity contribution is 6.23. The fourth-order valence-electron chi connectivity index (χ4n) is 7.97. The predicted octanol–water partition coefficient (Wildman–Crippen LogP) is 13.2. The average Bonchev–Trinajstić information content (AvgIpc) is 3.83. The summed E-state index contributed by atoms with van der Waals surface area (Å²) in [5, 5.41) is 4.47. The van der Waals surface area contributed by atoms with E-state index in [2.05, 4.69) is 174 Å². The minimum atomic E-state index is 0.601. The molecule has 11 aromatic rings. The van der Waals surface area contributed by atoms with Crippen LogP contribution in [0.1, 0.15) is 0 Å². The first kappa shape index (κ1) is 31.9. The molecular weight excluding hydrogens is 685 g/mol. The molecule has 3 heterocycles. The molecule has 5 heteroatoms. The van der Waals surface area contributed by atoms with Crippen LogP contribution in [0.5, 0.6) is 0 Å². The SMILES string of the molecule is c1ccc(-c2ccc(-c3nc(-c4cccc(-c5ccccc5)c4)nc(-c4cccc(-n5c6ccccc6c6c7oc8ccccc8c7ccc65)c4)n3)cc2)cc1. The lowest BCUT2D eigenvalue weighted by molar-refractivity contribution is 0.673. The summed E-state index contributed by atoms with van der Waals surface area (Å²) in [4.78, 5) is 15.4. The molecule has 0 radical (unpaired) electrons. The van der Waals surface area contributed by atoms with E-state index in [1.165, 1.54) is 0 Å². The van der Waals surface area contributed by atoms with Crippen molar-refractivity contribution >= 4 is 43.7 Å². The zero-order valence-corrected chi connectivity index (χ0v) is 30.2. The molecule has 262 valence electrons. The van der Waals surface area contributed by atoms with Gasteiger partial charge in [0.2, 0.25) is 0 Å². The van der Waals surface area contributed by atoms with Gasteiger partial charge in [-0.1, -0.05) is 152 Å². The third-order valence-corrected chi connectivity index (χ3v) is 10.7. The molecule has 0 aliphatic rings. The minimum Gasteiger partial charge on any atom is -0.455 e. The maximum absolute atomic E-state index is 6.56. The van der Waals surface area contributed by atoms with Crippen LogP contribution in [-0.2, 0) is 0 Å². The Kier molecular flexibility index (Phi) is 7.42. The van der Waals surface area contributed by atoms with E-state index < -0.39 is 0 Å². The van der Waals surface area contributed by atoms with Gasteiger partial charge in [-0.25, -0.2) is 15.0 Å². The van der Waals surface area contributed by atoms with E-state index in [4.69, 9.17) is 19.4 Å². The van der Waals surface area contributed by atoms with Crippen molar-refractivity contribution in [2.45, 2.75) is 0 Å². The molecular formula is C51H32N4O. The largest absolute Gasteiger partial charge is 0.455 e. The molecule has 5 nitrogen and oxygen atoms in total. The van der Waals surface area contributed by atoms with Gasteiger partial charge in [-0.05, 0) is 64.7 Å². The van der Waals surface area contributed by atoms with Crippen molar-refractivity contribution in [2.24, 2.45) is 0 Å². The maximum Gasteiger partial charge on any atom is 0.164 e. The Morgan fingerprint density at radius 2 is 0.875 bits per heavy atom. The molecule has 0 saturated heterocycles. The first-order valence-electron chi connectivity index (χ1n) is 18.8. The summed E-state index contributed by atoms with van der Waals surface area (Å²) in [6.45, 7) is 0. The number of benzene rings is 8. The van der Waals surface area contributed by atoms with Gasteiger partial charge in [0.1, 0.15) is 11.2 Å². The van der Waals surface area contributed by atoms with E-state index >= 15 is 0 Å². The molecule has 0 atom stereocenters. The fraction of sp³-hybridized carbons (Fsp3) is 0. The smallest absolute Gasteiger partial charge is 0.164 e. The van der Waals surface area contributed by atoms with Crippen molar-refractivity contribution in [1.29, 1.82) is 0 Å². The lowest BCUT2D eigenvalue weighted by atomic mass is 10.0. The van der Waals surface area contributed by atoms with Crippen LogP contribution >= 0.6 is 0 Å². The van der Waals surface area contributed by atoms with Crippen LogP contribution in [-0.4, -0.2) is 19.5 Å². The Balaban J connectivity index is 1.08. The molecule has 56 heavy (non-hydrogen) atoms. The zero-order valence-electron chi connectivity index (χ0n) is 30.2. The van der Waals surface area contributed by atoms with Crippen molar-refractivity contribution in [3.8, 4) is 62.1 Å². The molecule has 3 aromatic heterocycles. The number of para-hydroxylation sites is 2. The molecule has 0 aliphatic heterocycles. The summed E-state index contributed by atoms with van der Waals surface area (Å²) < 4.78 is 8.87. The predicted molar refractivity (Wildman–Crippen MR) is 229 cm³/mol. The Bertz CT molecular complexity index is 3240. The number of hydrogen-bond donors (Lipinski definition) is 0. The first-order valence-corrected chi connectivity index (χ1v) is 18.8. The second-order valence-electron chi connectivity index (χ2n) is 14.0. The van der Waals surface area contributed by atoms with Crippen LogP contribution in [0, 0.1) is 0 Å². The Morgan fingerprint density at radius 1 is 0.339 bits per heavy atom. The summed E-state index contributed by atoms with van der Waals surface area (Å²) in [6, 6.07) is 67.3. The lowest BCUT2D eigenvalue weighted by Gasteiger charge is -2.12. The van der Waals surface area contributed by atoms with Crippen LogP contribution < -0.4 is 0 Å². The van der Waals surface area contributed by atoms with Gasteiger partial charge in [0.05, 0.1) is 16.4 Å². The van der Waals surface area contributed by atoms with Gasteiger partial charge in [0, 0.05) is 38.5 Å². The summed E-state index contributed by atoms with van der Waals surface area (Å²) in [5.74, 6) is 1.83. The fourth-order valence-corrected chi connectivity index (χ4v) is 7.97. The van der Waals surface area contributed by atoms with E-state index in [-0.39, 0.29) is 0 Å². The van der Waals surface area contributed by atoms with Crippen molar-refractivity contribution in [2.75, 3.05) is 0 Å². The number of rotatable bonds is 6. The van der Waals surface area contributed by atoms with E-state index in [0.29, 0.717) is 17.5 Å². The quantitative estimate of drug-likeness (QED) is 0.172. The highest BCUT2D eigenvalue weighted by Gasteiger charge is 2.20. The zero-order chi connectivity index (χ0) is 37.0. The standard InChI is InChI=1S/C51H32N4O/c1-3-13-33(14-4-1)35-25-27-36(28-26-35)49-52-50(38-18-11-17-37(31-38)34-15-5-2-6-16-34)54-51(53-49)39-19-12-20-40(32-39)55-44-23-9-7-22-43(44)47-45(55)30-29-42-41-21-8-10-24-46(41)56-48(42)47/h1-32H. The molecule has 0 amide bonds. The highest BCUT2D eigenvalue weighted by Crippen LogP contribution is 2.41. The molecule has 0 unspecified atom stereocenters. The van der Waals surface area contributed by atoms with Gasteiger partial charge >= 0.3 is 0 Å². The van der Waals surface area contributed by atoms with E-state index in [1.54, 1.807) is 0 Å². The van der Waals surface area contributed by atoms with Gasteiger partial charge in [-0.2, -0.15) is 0 Å². The molecule has 0 fully saturated rings. The first-order chi connectivity index (χ1) is 27.7. The van der Waals surface area contributed by atoms with E-state index in [1.807, 2.05) is 24.3 Å².